The van der Waals surface area contributed by atoms with Crippen molar-refractivity contribution in [1.29, 1.82) is 0 Å². The summed E-state index contributed by atoms with van der Waals surface area (Å²) in [5.41, 5.74) is 1.01. The van der Waals surface area contributed by atoms with Crippen molar-refractivity contribution in [3.8, 4) is 12.0 Å². The van der Waals surface area contributed by atoms with Crippen LogP contribution in [0.5, 0.6) is 12.0 Å². The van der Waals surface area contributed by atoms with Crippen LogP contribution < -0.4 is 14.8 Å². The van der Waals surface area contributed by atoms with Crippen molar-refractivity contribution in [2.45, 2.75) is 20.0 Å². The first-order chi connectivity index (χ1) is 10.2. The molecule has 21 heavy (non-hydrogen) atoms. The van der Waals surface area contributed by atoms with E-state index in [1.54, 1.807) is 0 Å². The third kappa shape index (κ3) is 4.56. The fourth-order valence-electron chi connectivity index (χ4n) is 1.57. The predicted molar refractivity (Wildman–Crippen MR) is 83.6 cm³/mol. The largest absolute Gasteiger partial charge is 0.467 e. The van der Waals surface area contributed by atoms with Crippen molar-refractivity contribution in [2.24, 2.45) is 0 Å². The fraction of sp³-hybridized carbons (Fsp3) is 0.357. The van der Waals surface area contributed by atoms with Crippen LogP contribution in [0, 0.1) is 0 Å². The quantitative estimate of drug-likeness (QED) is 0.825. The van der Waals surface area contributed by atoms with Crippen LogP contribution in [-0.2, 0) is 6.61 Å². The summed E-state index contributed by atoms with van der Waals surface area (Å²) < 4.78 is 11.7. The normalized spacial score (nSPS) is 10.2. The monoisotopic (exact) mass is 352 g/mol. The number of methoxy groups -OCH3 is 1. The van der Waals surface area contributed by atoms with Crippen LogP contribution in [0.2, 0.25) is 0 Å². The smallest absolute Gasteiger partial charge is 0.324 e. The van der Waals surface area contributed by atoms with E-state index in [0.29, 0.717) is 12.6 Å². The lowest BCUT2D eigenvalue weighted by Gasteiger charge is -2.09. The Morgan fingerprint density at radius 3 is 2.62 bits per heavy atom. The zero-order valence-corrected chi connectivity index (χ0v) is 13.6. The highest BCUT2D eigenvalue weighted by Gasteiger charge is 2.08. The number of rotatable bonds is 7. The lowest BCUT2D eigenvalue weighted by atomic mass is 10.2. The molecule has 1 aromatic carbocycles. The maximum absolute atomic E-state index is 5.62. The molecule has 0 radical (unpaired) electrons. The standard InChI is InChI=1S/C14H17BrN4O2/c1-3-8-16-12-17-13(20-2)19-14(18-12)21-9-10-6-4-5-7-11(10)15/h4-7H,3,8-9H2,1-2H3,(H,16,17,18,19). The van der Waals surface area contributed by atoms with E-state index in [1.165, 1.54) is 7.11 Å². The molecule has 2 rings (SSSR count). The Kier molecular flexibility index (Phi) is 5.74. The molecule has 0 aliphatic rings. The van der Waals surface area contributed by atoms with Gasteiger partial charge in [0.15, 0.2) is 0 Å². The van der Waals surface area contributed by atoms with Crippen LogP contribution in [0.4, 0.5) is 5.95 Å². The van der Waals surface area contributed by atoms with Crippen LogP contribution in [-0.4, -0.2) is 28.6 Å². The molecular formula is C14H17BrN4O2. The molecule has 1 N–H and O–H groups in total. The Labute approximate surface area is 132 Å². The van der Waals surface area contributed by atoms with Crippen molar-refractivity contribution >= 4 is 21.9 Å². The second-order valence-corrected chi connectivity index (χ2v) is 5.09. The summed E-state index contributed by atoms with van der Waals surface area (Å²) in [4.78, 5) is 12.4. The summed E-state index contributed by atoms with van der Waals surface area (Å²) in [7, 11) is 1.51. The zero-order valence-electron chi connectivity index (χ0n) is 12.0. The molecule has 0 amide bonds. The first-order valence-electron chi connectivity index (χ1n) is 6.63. The third-order valence-corrected chi connectivity index (χ3v) is 3.40. The maximum atomic E-state index is 5.62. The van der Waals surface area contributed by atoms with Crippen LogP contribution in [0.15, 0.2) is 28.7 Å². The first-order valence-corrected chi connectivity index (χ1v) is 7.42. The Morgan fingerprint density at radius 2 is 1.90 bits per heavy atom. The van der Waals surface area contributed by atoms with Crippen LogP contribution >= 0.6 is 15.9 Å². The number of nitrogens with zero attached hydrogens (tertiary/aromatic N) is 3. The van der Waals surface area contributed by atoms with E-state index in [-0.39, 0.29) is 12.0 Å². The van der Waals surface area contributed by atoms with E-state index in [1.807, 2.05) is 24.3 Å². The van der Waals surface area contributed by atoms with E-state index in [9.17, 15) is 0 Å². The number of ether oxygens (including phenoxy) is 2. The number of hydrogen-bond acceptors (Lipinski definition) is 6. The molecule has 0 fully saturated rings. The number of nitrogens with one attached hydrogen (secondary N) is 1. The predicted octanol–water partition coefficient (Wildman–Crippen LogP) is 3.04. The van der Waals surface area contributed by atoms with Gasteiger partial charge < -0.3 is 14.8 Å². The molecule has 0 bridgehead atoms. The molecule has 112 valence electrons. The summed E-state index contributed by atoms with van der Waals surface area (Å²) in [6.45, 7) is 3.20. The number of benzene rings is 1. The summed E-state index contributed by atoms with van der Waals surface area (Å²) in [5.74, 6) is 0.450. The summed E-state index contributed by atoms with van der Waals surface area (Å²) in [6.07, 6.45) is 0.973. The van der Waals surface area contributed by atoms with Crippen LogP contribution in [0.25, 0.3) is 0 Å². The van der Waals surface area contributed by atoms with Crippen LogP contribution in [0.3, 0.4) is 0 Å². The van der Waals surface area contributed by atoms with Gasteiger partial charge in [-0.05, 0) is 12.5 Å². The zero-order chi connectivity index (χ0) is 15.1. The van der Waals surface area contributed by atoms with E-state index >= 15 is 0 Å². The average molecular weight is 353 g/mol. The minimum Gasteiger partial charge on any atom is -0.467 e. The van der Waals surface area contributed by atoms with Gasteiger partial charge in [-0.15, -0.1) is 4.98 Å². The van der Waals surface area contributed by atoms with Gasteiger partial charge in [0.2, 0.25) is 5.95 Å². The molecule has 0 spiro atoms. The molecule has 0 atom stereocenters. The fourth-order valence-corrected chi connectivity index (χ4v) is 1.97. The number of halogens is 1. The minimum atomic E-state index is 0.228. The topological polar surface area (TPSA) is 69.2 Å². The van der Waals surface area contributed by atoms with Crippen molar-refractivity contribution in [2.75, 3.05) is 19.0 Å². The maximum Gasteiger partial charge on any atom is 0.324 e. The van der Waals surface area contributed by atoms with Crippen molar-refractivity contribution < 1.29 is 9.47 Å². The van der Waals surface area contributed by atoms with Gasteiger partial charge in [0, 0.05) is 16.6 Å². The molecule has 7 heteroatoms. The third-order valence-electron chi connectivity index (χ3n) is 2.62. The van der Waals surface area contributed by atoms with E-state index in [2.05, 4.69) is 43.1 Å². The summed E-state index contributed by atoms with van der Waals surface area (Å²) in [6, 6.07) is 8.29. The van der Waals surface area contributed by atoms with E-state index in [0.717, 1.165) is 23.0 Å². The Hall–Kier alpha value is -1.89. The SMILES string of the molecule is CCCNc1nc(OC)nc(OCc2ccccc2Br)n1. The average Bonchev–Trinajstić information content (AvgIpc) is 2.52. The number of anilines is 1. The van der Waals surface area contributed by atoms with E-state index in [4.69, 9.17) is 9.47 Å². The van der Waals surface area contributed by atoms with Gasteiger partial charge >= 0.3 is 12.0 Å². The minimum absolute atomic E-state index is 0.228. The van der Waals surface area contributed by atoms with Crippen LogP contribution in [0.1, 0.15) is 18.9 Å². The molecular weight excluding hydrogens is 336 g/mol. The van der Waals surface area contributed by atoms with Gasteiger partial charge in [-0.3, -0.25) is 0 Å². The number of aromatic nitrogens is 3. The van der Waals surface area contributed by atoms with Crippen molar-refractivity contribution in [3.63, 3.8) is 0 Å². The highest BCUT2D eigenvalue weighted by molar-refractivity contribution is 9.10. The summed E-state index contributed by atoms with van der Waals surface area (Å²) >= 11 is 3.48. The molecule has 0 saturated carbocycles. The molecule has 1 aromatic heterocycles. The number of hydrogen-bond donors (Lipinski definition) is 1. The highest BCUT2D eigenvalue weighted by Crippen LogP contribution is 2.19. The van der Waals surface area contributed by atoms with Gasteiger partial charge in [0.1, 0.15) is 6.61 Å². The lowest BCUT2D eigenvalue weighted by molar-refractivity contribution is 0.270. The second-order valence-electron chi connectivity index (χ2n) is 4.24. The lowest BCUT2D eigenvalue weighted by Crippen LogP contribution is -2.09. The Balaban J connectivity index is 2.09. The van der Waals surface area contributed by atoms with Gasteiger partial charge in [0.25, 0.3) is 0 Å². The van der Waals surface area contributed by atoms with E-state index < -0.39 is 0 Å². The molecule has 0 saturated heterocycles. The van der Waals surface area contributed by atoms with Gasteiger partial charge in [-0.1, -0.05) is 41.1 Å². The molecule has 0 unspecified atom stereocenters. The molecule has 2 aromatic rings. The van der Waals surface area contributed by atoms with Crippen molar-refractivity contribution in [3.05, 3.63) is 34.3 Å². The van der Waals surface area contributed by atoms with Gasteiger partial charge in [-0.25, -0.2) is 0 Å². The van der Waals surface area contributed by atoms with Crippen molar-refractivity contribution in [1.82, 2.24) is 15.0 Å². The molecule has 0 aliphatic carbocycles. The van der Waals surface area contributed by atoms with Gasteiger partial charge in [0.05, 0.1) is 7.11 Å². The van der Waals surface area contributed by atoms with Gasteiger partial charge in [-0.2, -0.15) is 9.97 Å². The molecule has 6 nitrogen and oxygen atoms in total. The highest BCUT2D eigenvalue weighted by atomic mass is 79.9. The Morgan fingerprint density at radius 1 is 1.14 bits per heavy atom. The summed E-state index contributed by atoms with van der Waals surface area (Å²) in [5, 5.41) is 3.09. The Bertz CT molecular complexity index is 595. The first kappa shape index (κ1) is 15.5. The molecule has 0 aliphatic heterocycles. The molecule has 1 heterocycles. The second kappa shape index (κ2) is 7.78.